The van der Waals surface area contributed by atoms with E-state index >= 15 is 0 Å². The molecule has 0 aliphatic carbocycles. The van der Waals surface area contributed by atoms with Gasteiger partial charge in [0, 0.05) is 26.7 Å². The average molecular weight is 303 g/mol. The van der Waals surface area contributed by atoms with Gasteiger partial charge in [0.1, 0.15) is 0 Å². The predicted molar refractivity (Wildman–Crippen MR) is 91.9 cm³/mol. The zero-order valence-corrected chi connectivity index (χ0v) is 14.1. The summed E-state index contributed by atoms with van der Waals surface area (Å²) in [6.07, 6.45) is 2.52. The van der Waals surface area contributed by atoms with Crippen LogP contribution in [0.2, 0.25) is 0 Å². The van der Waals surface area contributed by atoms with Gasteiger partial charge >= 0.3 is 0 Å². The van der Waals surface area contributed by atoms with Gasteiger partial charge in [-0.3, -0.25) is 0 Å². The second-order valence-electron chi connectivity index (χ2n) is 6.09. The third-order valence-electron chi connectivity index (χ3n) is 4.13. The topological polar surface area (TPSA) is 36.9 Å². The van der Waals surface area contributed by atoms with E-state index in [-0.39, 0.29) is 0 Å². The number of rotatable bonds is 5. The second-order valence-corrected chi connectivity index (χ2v) is 6.09. The highest BCUT2D eigenvalue weighted by Crippen LogP contribution is 2.16. The van der Waals surface area contributed by atoms with Gasteiger partial charge in [-0.25, -0.2) is 4.99 Å². The fraction of sp³-hybridized carbons (Fsp3) is 0.611. The van der Waals surface area contributed by atoms with Crippen LogP contribution >= 0.6 is 0 Å². The van der Waals surface area contributed by atoms with Gasteiger partial charge in [-0.2, -0.15) is 0 Å². The van der Waals surface area contributed by atoms with Crippen molar-refractivity contribution in [1.29, 1.82) is 0 Å². The van der Waals surface area contributed by atoms with Crippen molar-refractivity contribution >= 4 is 5.96 Å². The van der Waals surface area contributed by atoms with Crippen LogP contribution in [-0.2, 0) is 17.9 Å². The molecule has 0 bridgehead atoms. The number of nitrogens with one attached hydrogen (secondary N) is 1. The molecule has 1 aliphatic rings. The Kier molecular flexibility index (Phi) is 6.72. The lowest BCUT2D eigenvalue weighted by atomic mass is 10.00. The van der Waals surface area contributed by atoms with E-state index < -0.39 is 0 Å². The highest BCUT2D eigenvalue weighted by molar-refractivity contribution is 5.80. The summed E-state index contributed by atoms with van der Waals surface area (Å²) in [5.74, 6) is 1.89. The van der Waals surface area contributed by atoms with Crippen molar-refractivity contribution in [3.05, 3.63) is 35.4 Å². The van der Waals surface area contributed by atoms with E-state index in [1.165, 1.54) is 24.0 Å². The Morgan fingerprint density at radius 2 is 2.05 bits per heavy atom. The quantitative estimate of drug-likeness (QED) is 0.671. The lowest BCUT2D eigenvalue weighted by Gasteiger charge is -2.33. The fourth-order valence-electron chi connectivity index (χ4n) is 2.80. The third kappa shape index (κ3) is 5.02. The minimum Gasteiger partial charge on any atom is -0.380 e. The van der Waals surface area contributed by atoms with Crippen molar-refractivity contribution in [2.75, 3.05) is 26.7 Å². The Morgan fingerprint density at radius 3 is 2.73 bits per heavy atom. The van der Waals surface area contributed by atoms with Crippen LogP contribution in [0.3, 0.4) is 0 Å². The van der Waals surface area contributed by atoms with E-state index in [4.69, 9.17) is 9.73 Å². The number of likely N-dealkylation sites (tertiary alicyclic amines) is 1. The van der Waals surface area contributed by atoms with Gasteiger partial charge < -0.3 is 15.0 Å². The van der Waals surface area contributed by atoms with Crippen LogP contribution in [0, 0.1) is 5.92 Å². The molecule has 1 N–H and O–H groups in total. The van der Waals surface area contributed by atoms with Crippen LogP contribution in [0.1, 0.15) is 37.8 Å². The first-order valence-corrected chi connectivity index (χ1v) is 8.33. The van der Waals surface area contributed by atoms with E-state index in [1.807, 2.05) is 0 Å². The minimum absolute atomic E-state index is 0.654. The van der Waals surface area contributed by atoms with Crippen molar-refractivity contribution in [1.82, 2.24) is 10.2 Å². The number of hydrogen-bond acceptors (Lipinski definition) is 2. The number of benzene rings is 1. The highest BCUT2D eigenvalue weighted by atomic mass is 16.5. The molecule has 1 aromatic rings. The molecule has 22 heavy (non-hydrogen) atoms. The minimum atomic E-state index is 0.654. The lowest BCUT2D eigenvalue weighted by molar-refractivity contribution is 0.185. The Hall–Kier alpha value is -1.55. The zero-order chi connectivity index (χ0) is 15.8. The molecule has 1 saturated heterocycles. The van der Waals surface area contributed by atoms with Gasteiger partial charge in [-0.15, -0.1) is 0 Å². The maximum absolute atomic E-state index is 5.20. The summed E-state index contributed by atoms with van der Waals surface area (Å²) in [5, 5.41) is 3.43. The molecule has 0 atom stereocenters. The molecule has 1 aromatic carbocycles. The maximum atomic E-state index is 5.20. The summed E-state index contributed by atoms with van der Waals surface area (Å²) < 4.78 is 5.20. The number of piperidine rings is 1. The van der Waals surface area contributed by atoms with Crippen molar-refractivity contribution in [3.63, 3.8) is 0 Å². The molecular formula is C18H29N3O. The molecule has 4 nitrogen and oxygen atoms in total. The SMILES string of the molecule is CCNC(=NCc1cccc(COC)c1)N1CCC(C)CC1. The molecule has 0 radical (unpaired) electrons. The summed E-state index contributed by atoms with van der Waals surface area (Å²) >= 11 is 0. The zero-order valence-electron chi connectivity index (χ0n) is 14.1. The first-order chi connectivity index (χ1) is 10.7. The van der Waals surface area contributed by atoms with Crippen LogP contribution < -0.4 is 5.32 Å². The van der Waals surface area contributed by atoms with E-state index in [1.54, 1.807) is 7.11 Å². The number of aliphatic imine (C=N–C) groups is 1. The molecule has 0 aromatic heterocycles. The van der Waals surface area contributed by atoms with Crippen molar-refractivity contribution in [3.8, 4) is 0 Å². The maximum Gasteiger partial charge on any atom is 0.194 e. The molecule has 1 fully saturated rings. The highest BCUT2D eigenvalue weighted by Gasteiger charge is 2.18. The first-order valence-electron chi connectivity index (χ1n) is 8.33. The van der Waals surface area contributed by atoms with Crippen molar-refractivity contribution < 1.29 is 4.74 Å². The molecular weight excluding hydrogens is 274 g/mol. The second kappa shape index (κ2) is 8.79. The van der Waals surface area contributed by atoms with E-state index in [2.05, 4.69) is 48.3 Å². The average Bonchev–Trinajstić information content (AvgIpc) is 2.53. The fourth-order valence-corrected chi connectivity index (χ4v) is 2.80. The van der Waals surface area contributed by atoms with Crippen LogP contribution in [0.25, 0.3) is 0 Å². The number of guanidine groups is 1. The standard InChI is InChI=1S/C18H29N3O/c1-4-19-18(21-10-8-15(2)9-11-21)20-13-16-6-5-7-17(12-16)14-22-3/h5-7,12,15H,4,8-11,13-14H2,1-3H3,(H,19,20). The molecule has 4 heteroatoms. The number of ether oxygens (including phenoxy) is 1. The number of methoxy groups -OCH3 is 1. The molecule has 0 amide bonds. The normalized spacial score (nSPS) is 16.9. The van der Waals surface area contributed by atoms with Crippen molar-refractivity contribution in [2.45, 2.75) is 39.8 Å². The van der Waals surface area contributed by atoms with Crippen LogP contribution in [0.15, 0.2) is 29.3 Å². The van der Waals surface area contributed by atoms with Gasteiger partial charge in [0.15, 0.2) is 5.96 Å². The lowest BCUT2D eigenvalue weighted by Crippen LogP contribution is -2.45. The van der Waals surface area contributed by atoms with Gasteiger partial charge in [-0.05, 0) is 36.8 Å². The van der Waals surface area contributed by atoms with E-state index in [9.17, 15) is 0 Å². The monoisotopic (exact) mass is 303 g/mol. The molecule has 0 spiro atoms. The van der Waals surface area contributed by atoms with Gasteiger partial charge in [0.25, 0.3) is 0 Å². The van der Waals surface area contributed by atoms with Crippen molar-refractivity contribution in [2.24, 2.45) is 10.9 Å². The van der Waals surface area contributed by atoms with E-state index in [0.717, 1.165) is 31.5 Å². The predicted octanol–water partition coefficient (Wildman–Crippen LogP) is 3.03. The molecule has 0 unspecified atom stereocenters. The Morgan fingerprint density at radius 1 is 1.32 bits per heavy atom. The first kappa shape index (κ1) is 16.8. The van der Waals surface area contributed by atoms with E-state index in [0.29, 0.717) is 13.2 Å². The summed E-state index contributed by atoms with van der Waals surface area (Å²) in [4.78, 5) is 7.22. The Bertz CT molecular complexity index is 479. The van der Waals surface area contributed by atoms with Crippen LogP contribution in [0.5, 0.6) is 0 Å². The molecule has 2 rings (SSSR count). The Labute approximate surface area is 134 Å². The summed E-state index contributed by atoms with van der Waals surface area (Å²) in [6, 6.07) is 8.47. The van der Waals surface area contributed by atoms with Gasteiger partial charge in [0.2, 0.25) is 0 Å². The largest absolute Gasteiger partial charge is 0.380 e. The Balaban J connectivity index is 2.01. The van der Waals surface area contributed by atoms with Crippen LogP contribution in [-0.4, -0.2) is 37.6 Å². The summed E-state index contributed by atoms with van der Waals surface area (Å²) in [6.45, 7) is 8.96. The molecule has 1 aliphatic heterocycles. The van der Waals surface area contributed by atoms with Gasteiger partial charge in [0.05, 0.1) is 13.2 Å². The smallest absolute Gasteiger partial charge is 0.194 e. The summed E-state index contributed by atoms with van der Waals surface area (Å²) in [7, 11) is 1.73. The number of hydrogen-bond donors (Lipinski definition) is 1. The molecule has 122 valence electrons. The molecule has 1 heterocycles. The van der Waals surface area contributed by atoms with Crippen LogP contribution in [0.4, 0.5) is 0 Å². The summed E-state index contributed by atoms with van der Waals surface area (Å²) in [5.41, 5.74) is 2.43. The number of nitrogens with zero attached hydrogens (tertiary/aromatic N) is 2. The third-order valence-corrected chi connectivity index (χ3v) is 4.13. The molecule has 0 saturated carbocycles. The van der Waals surface area contributed by atoms with Gasteiger partial charge in [-0.1, -0.05) is 31.2 Å².